The van der Waals surface area contributed by atoms with E-state index in [9.17, 15) is 44.4 Å². The standard InChI is InChI=1S/C57H66ClF3N10O7S3/c1-56(2)22-20-48(40-8-12-43(58)13-9-40)42(33-56)37-70-28-30-71(31-29-70)45-14-10-41(11-15-45)53(73)67-81(77,78)47-16-17-49(51(32-47)80(75,76)57(59,60)61)64-44(38-79-46-6-4-3-5-7-46)21-23-68-24-26-69(27-25-68)36-39-34-62-55(63-35-39)65-50-18-19-52(72)66-54(50)74/h3-17,32,34-35,44,50,64H,18-31,33,36-38H2,1-2H3,(H,67,73)(H,62,63,65)(H,66,72,74)/t44-,50?/m1/s1. The van der Waals surface area contributed by atoms with Gasteiger partial charge in [-0.15, -0.1) is 11.8 Å². The third kappa shape index (κ3) is 15.5. The van der Waals surface area contributed by atoms with E-state index in [1.165, 1.54) is 40.6 Å². The van der Waals surface area contributed by atoms with Crippen molar-refractivity contribution in [3.05, 3.63) is 137 Å². The SMILES string of the molecule is CC1(C)CCC(c2ccc(Cl)cc2)=C(CN2CCN(c3ccc(C(=O)NS(=O)(=O)c4ccc(N[C@H](CCN5CCN(Cc6cnc(NC7CCC(=O)NC7=O)nc6)CC5)CSc5ccccc5)c(S(=O)(=O)C(F)(F)F)c4)cc3)CC2)C1. The maximum Gasteiger partial charge on any atom is 0.501 e. The van der Waals surface area contributed by atoms with E-state index in [4.69, 9.17) is 11.6 Å². The van der Waals surface area contributed by atoms with Crippen LogP contribution in [0.25, 0.3) is 5.57 Å². The summed E-state index contributed by atoms with van der Waals surface area (Å²) in [5.41, 5.74) is -0.326. The molecule has 5 aromatic rings. The highest BCUT2D eigenvalue weighted by Gasteiger charge is 2.48. The Morgan fingerprint density at radius 3 is 2.15 bits per heavy atom. The molecule has 432 valence electrons. The molecule has 1 aromatic heterocycles. The van der Waals surface area contributed by atoms with Crippen LogP contribution < -0.4 is 25.6 Å². The molecule has 2 atom stereocenters. The first-order valence-electron chi connectivity index (χ1n) is 26.9. The molecule has 9 rings (SSSR count). The van der Waals surface area contributed by atoms with E-state index in [0.29, 0.717) is 69.0 Å². The summed E-state index contributed by atoms with van der Waals surface area (Å²) in [7, 11) is -11.0. The second kappa shape index (κ2) is 25.6. The molecule has 3 fully saturated rings. The lowest BCUT2D eigenvalue weighted by Crippen LogP contribution is -2.47. The van der Waals surface area contributed by atoms with E-state index < -0.39 is 64.7 Å². The van der Waals surface area contributed by atoms with Crippen LogP contribution in [0.15, 0.2) is 130 Å². The second-order valence-electron chi connectivity index (χ2n) is 21.7. The molecule has 81 heavy (non-hydrogen) atoms. The molecule has 0 saturated carbocycles. The Hall–Kier alpha value is -6.08. The fourth-order valence-electron chi connectivity index (χ4n) is 10.6. The summed E-state index contributed by atoms with van der Waals surface area (Å²) in [6, 6.07) is 25.0. The number of thioether (sulfide) groups is 1. The molecule has 1 aliphatic carbocycles. The van der Waals surface area contributed by atoms with E-state index in [-0.39, 0.29) is 29.3 Å². The summed E-state index contributed by atoms with van der Waals surface area (Å²) in [4.78, 5) is 53.7. The van der Waals surface area contributed by atoms with Crippen molar-refractivity contribution in [2.45, 2.75) is 91.2 Å². The predicted molar refractivity (Wildman–Crippen MR) is 308 cm³/mol. The highest BCUT2D eigenvalue weighted by atomic mass is 35.5. The highest BCUT2D eigenvalue weighted by Crippen LogP contribution is 2.43. The molecule has 0 spiro atoms. The molecular weight excluding hydrogens is 1130 g/mol. The van der Waals surface area contributed by atoms with Gasteiger partial charge in [0.1, 0.15) is 10.9 Å². The van der Waals surface area contributed by atoms with Gasteiger partial charge in [0.15, 0.2) is 0 Å². The minimum absolute atomic E-state index is 0.0217. The topological polar surface area (TPSA) is 206 Å². The van der Waals surface area contributed by atoms with Crippen molar-refractivity contribution < 1.29 is 44.4 Å². The first-order valence-corrected chi connectivity index (χ1v) is 31.3. The maximum atomic E-state index is 14.5. The molecular formula is C57H66ClF3N10O7S3. The van der Waals surface area contributed by atoms with Crippen molar-refractivity contribution in [3.63, 3.8) is 0 Å². The van der Waals surface area contributed by atoms with Crippen molar-refractivity contribution in [1.82, 2.24) is 34.7 Å². The zero-order valence-corrected chi connectivity index (χ0v) is 48.3. The summed E-state index contributed by atoms with van der Waals surface area (Å²) in [6.45, 7) is 12.3. The number of rotatable bonds is 20. The van der Waals surface area contributed by atoms with Crippen LogP contribution in [0.1, 0.15) is 73.9 Å². The maximum absolute atomic E-state index is 14.5. The normalized spacial score (nSPS) is 19.2. The number of imide groups is 1. The second-order valence-corrected chi connectivity index (χ2v) is 26.8. The number of nitrogens with one attached hydrogen (secondary N) is 4. The molecule has 1 unspecified atom stereocenters. The van der Waals surface area contributed by atoms with Crippen LogP contribution in [0.3, 0.4) is 0 Å². The molecule has 24 heteroatoms. The van der Waals surface area contributed by atoms with Gasteiger partial charge in [-0.25, -0.2) is 31.5 Å². The van der Waals surface area contributed by atoms with Crippen molar-refractivity contribution in [3.8, 4) is 0 Å². The minimum atomic E-state index is -6.13. The van der Waals surface area contributed by atoms with Gasteiger partial charge in [-0.1, -0.05) is 61.4 Å². The number of anilines is 3. The molecule has 3 amide bonds. The Morgan fingerprint density at radius 1 is 0.827 bits per heavy atom. The van der Waals surface area contributed by atoms with Crippen LogP contribution in [0.5, 0.6) is 0 Å². The minimum Gasteiger partial charge on any atom is -0.380 e. The molecule has 0 bridgehead atoms. The number of piperazine rings is 2. The van der Waals surface area contributed by atoms with E-state index in [0.717, 1.165) is 80.3 Å². The number of allylic oxidation sites excluding steroid dienone is 1. The third-order valence-corrected chi connectivity index (χ3v) is 19.5. The highest BCUT2D eigenvalue weighted by molar-refractivity contribution is 7.99. The number of carbonyl (C=O) groups is 3. The molecule has 3 saturated heterocycles. The first-order chi connectivity index (χ1) is 38.6. The smallest absolute Gasteiger partial charge is 0.380 e. The monoisotopic (exact) mass is 1190 g/mol. The number of benzene rings is 4. The predicted octanol–water partition coefficient (Wildman–Crippen LogP) is 8.33. The lowest BCUT2D eigenvalue weighted by atomic mass is 9.73. The number of sulfone groups is 1. The zero-order chi connectivity index (χ0) is 57.5. The number of aromatic nitrogens is 2. The molecule has 17 nitrogen and oxygen atoms in total. The van der Waals surface area contributed by atoms with E-state index >= 15 is 0 Å². The molecule has 4 N–H and O–H groups in total. The van der Waals surface area contributed by atoms with Crippen LogP contribution in [0.2, 0.25) is 5.02 Å². The van der Waals surface area contributed by atoms with Gasteiger partial charge in [0.25, 0.3) is 25.8 Å². The Labute approximate surface area is 480 Å². The molecule has 4 heterocycles. The molecule has 3 aliphatic heterocycles. The summed E-state index contributed by atoms with van der Waals surface area (Å²) >= 11 is 7.64. The number of nitrogens with zero attached hydrogens (tertiary/aromatic N) is 6. The number of carbonyl (C=O) groups excluding carboxylic acids is 3. The average molecular weight is 1190 g/mol. The van der Waals surface area contributed by atoms with E-state index in [2.05, 4.69) is 71.5 Å². The van der Waals surface area contributed by atoms with Crippen molar-refractivity contribution in [1.29, 1.82) is 0 Å². The zero-order valence-electron chi connectivity index (χ0n) is 45.1. The van der Waals surface area contributed by atoms with Gasteiger partial charge in [0.05, 0.1) is 10.6 Å². The first kappa shape index (κ1) is 59.5. The van der Waals surface area contributed by atoms with Crippen molar-refractivity contribution >= 4 is 83.8 Å². The van der Waals surface area contributed by atoms with Crippen LogP contribution in [0, 0.1) is 5.41 Å². The van der Waals surface area contributed by atoms with Gasteiger partial charge in [0.2, 0.25) is 17.8 Å². The number of hydrogen-bond acceptors (Lipinski definition) is 16. The fourth-order valence-corrected chi connectivity index (χ4v) is 13.7. The number of halogens is 4. The fraction of sp³-hybridized carbons (Fsp3) is 0.421. The quantitative estimate of drug-likeness (QED) is 0.0427. The van der Waals surface area contributed by atoms with Gasteiger partial charge in [-0.05, 0) is 115 Å². The van der Waals surface area contributed by atoms with Gasteiger partial charge in [-0.2, -0.15) is 13.2 Å². The van der Waals surface area contributed by atoms with Crippen LogP contribution in [-0.4, -0.2) is 148 Å². The van der Waals surface area contributed by atoms with Gasteiger partial charge in [-0.3, -0.25) is 29.5 Å². The van der Waals surface area contributed by atoms with Crippen LogP contribution in [0.4, 0.5) is 30.5 Å². The third-order valence-electron chi connectivity index (χ3n) is 15.2. The van der Waals surface area contributed by atoms with E-state index in [1.54, 1.807) is 24.5 Å². The van der Waals surface area contributed by atoms with Gasteiger partial charge < -0.3 is 20.4 Å². The number of amides is 3. The molecule has 0 radical (unpaired) electrons. The number of hydrogen-bond donors (Lipinski definition) is 4. The van der Waals surface area contributed by atoms with E-state index in [1.807, 2.05) is 47.2 Å². The Bertz CT molecular complexity index is 3310. The van der Waals surface area contributed by atoms with Crippen LogP contribution >= 0.6 is 23.4 Å². The van der Waals surface area contributed by atoms with Gasteiger partial charge in [0, 0.05) is 129 Å². The summed E-state index contributed by atoms with van der Waals surface area (Å²) in [5.74, 6) is -1.19. The summed E-state index contributed by atoms with van der Waals surface area (Å²) < 4.78 is 99.5. The van der Waals surface area contributed by atoms with Crippen molar-refractivity contribution in [2.24, 2.45) is 5.41 Å². The summed E-state index contributed by atoms with van der Waals surface area (Å²) in [6.07, 6.45) is 7.42. The Kier molecular flexibility index (Phi) is 18.8. The van der Waals surface area contributed by atoms with Crippen molar-refractivity contribution in [2.75, 3.05) is 86.7 Å². The average Bonchev–Trinajstić information content (AvgIpc) is 3.60. The lowest BCUT2D eigenvalue weighted by Gasteiger charge is -2.39. The lowest BCUT2D eigenvalue weighted by molar-refractivity contribution is -0.133. The number of alkyl halides is 3. The van der Waals surface area contributed by atoms with Crippen LogP contribution in [-0.2, 0) is 36.0 Å². The molecule has 4 aromatic carbocycles. The number of sulfonamides is 1. The Morgan fingerprint density at radius 2 is 1.48 bits per heavy atom. The molecule has 4 aliphatic rings. The van der Waals surface area contributed by atoms with Gasteiger partial charge >= 0.3 is 5.51 Å². The largest absolute Gasteiger partial charge is 0.501 e. The Balaban J connectivity index is 0.819. The number of piperidine rings is 1. The summed E-state index contributed by atoms with van der Waals surface area (Å²) in [5, 5.41) is 9.01.